The molecule has 0 unspecified atom stereocenters. The van der Waals surface area contributed by atoms with E-state index >= 15 is 0 Å². The fourth-order valence-corrected chi connectivity index (χ4v) is 3.29. The zero-order chi connectivity index (χ0) is 17.7. The molecule has 1 heterocycles. The molecule has 2 rings (SSSR count). The number of carboxylic acids is 1. The van der Waals surface area contributed by atoms with Crippen LogP contribution in [0.4, 0.5) is 0 Å². The zero-order valence-corrected chi connectivity index (χ0v) is 14.5. The lowest BCUT2D eigenvalue weighted by molar-refractivity contribution is -0.307. The SMILES string of the molecule is C[C@H](NC(=O)CCN1C(=O)/C(=C\c2ccccc2)SC1=S)C(=O)[O-]. The molecule has 0 aliphatic carbocycles. The maximum Gasteiger partial charge on any atom is 0.266 e. The summed E-state index contributed by atoms with van der Waals surface area (Å²) in [6.45, 7) is 1.41. The second kappa shape index (κ2) is 8.07. The minimum absolute atomic E-state index is 0.0390. The van der Waals surface area contributed by atoms with Crippen molar-refractivity contribution in [3.05, 3.63) is 40.8 Å². The van der Waals surface area contributed by atoms with Crippen LogP contribution in [0.25, 0.3) is 6.08 Å². The smallest absolute Gasteiger partial charge is 0.266 e. The van der Waals surface area contributed by atoms with Crippen LogP contribution in [0, 0.1) is 0 Å². The first-order valence-corrected chi connectivity index (χ1v) is 8.41. The van der Waals surface area contributed by atoms with Gasteiger partial charge in [0, 0.05) is 13.0 Å². The predicted molar refractivity (Wildman–Crippen MR) is 93.5 cm³/mol. The summed E-state index contributed by atoms with van der Waals surface area (Å²) in [6.07, 6.45) is 1.71. The van der Waals surface area contributed by atoms with Gasteiger partial charge in [-0.05, 0) is 18.6 Å². The van der Waals surface area contributed by atoms with Crippen molar-refractivity contribution >= 4 is 52.2 Å². The molecule has 1 N–H and O–H groups in total. The second-order valence-corrected chi connectivity index (χ2v) is 6.78. The van der Waals surface area contributed by atoms with Crippen molar-refractivity contribution in [3.63, 3.8) is 0 Å². The number of thioether (sulfide) groups is 1. The molecule has 8 heteroatoms. The molecule has 6 nitrogen and oxygen atoms in total. The number of amides is 2. The first-order chi connectivity index (χ1) is 11.4. The number of carbonyl (C=O) groups is 3. The standard InChI is InChI=1S/C16H16N2O4S2/c1-10(15(21)22)17-13(19)7-8-18-14(20)12(24-16(18)23)9-11-5-3-2-4-6-11/h2-6,9-10H,7-8H2,1H3,(H,17,19)(H,21,22)/p-1/b12-9+/t10-/m0/s1. The Hall–Kier alpha value is -2.19. The predicted octanol–water partition coefficient (Wildman–Crippen LogP) is 0.532. The van der Waals surface area contributed by atoms with Crippen LogP contribution in [0.15, 0.2) is 35.2 Å². The lowest BCUT2D eigenvalue weighted by atomic mass is 10.2. The van der Waals surface area contributed by atoms with Crippen LogP contribution in [0.5, 0.6) is 0 Å². The Bertz CT molecular complexity index is 703. The van der Waals surface area contributed by atoms with Gasteiger partial charge in [-0.15, -0.1) is 0 Å². The van der Waals surface area contributed by atoms with E-state index in [1.807, 2.05) is 30.3 Å². The van der Waals surface area contributed by atoms with Gasteiger partial charge in [0.05, 0.1) is 16.9 Å². The first kappa shape index (κ1) is 18.2. The van der Waals surface area contributed by atoms with Crippen LogP contribution < -0.4 is 10.4 Å². The number of aliphatic carboxylic acids is 1. The van der Waals surface area contributed by atoms with Crippen LogP contribution in [0.3, 0.4) is 0 Å². The minimum atomic E-state index is -1.36. The summed E-state index contributed by atoms with van der Waals surface area (Å²) in [4.78, 5) is 36.5. The van der Waals surface area contributed by atoms with E-state index in [4.69, 9.17) is 12.2 Å². The van der Waals surface area contributed by atoms with Crippen LogP contribution in [-0.4, -0.2) is 39.6 Å². The van der Waals surface area contributed by atoms with Gasteiger partial charge in [0.25, 0.3) is 5.91 Å². The van der Waals surface area contributed by atoms with E-state index in [0.717, 1.165) is 5.56 Å². The Morgan fingerprint density at radius 2 is 2.04 bits per heavy atom. The van der Waals surface area contributed by atoms with Crippen molar-refractivity contribution in [2.75, 3.05) is 6.54 Å². The van der Waals surface area contributed by atoms with E-state index in [2.05, 4.69) is 5.32 Å². The Balaban J connectivity index is 1.96. The molecular weight excluding hydrogens is 348 g/mol. The van der Waals surface area contributed by atoms with Gasteiger partial charge in [0.1, 0.15) is 4.32 Å². The Morgan fingerprint density at radius 1 is 1.38 bits per heavy atom. The topological polar surface area (TPSA) is 89.5 Å². The molecule has 0 aromatic heterocycles. The summed E-state index contributed by atoms with van der Waals surface area (Å²) in [5.41, 5.74) is 0.888. The zero-order valence-electron chi connectivity index (χ0n) is 12.9. The number of benzene rings is 1. The number of carbonyl (C=O) groups excluding carboxylic acids is 3. The molecule has 2 amide bonds. The Labute approximate surface area is 148 Å². The van der Waals surface area contributed by atoms with E-state index in [1.165, 1.54) is 23.6 Å². The molecular formula is C16H15N2O4S2-. The summed E-state index contributed by atoms with van der Waals surface area (Å²) in [7, 11) is 0. The van der Waals surface area contributed by atoms with E-state index in [-0.39, 0.29) is 18.9 Å². The molecule has 0 spiro atoms. The van der Waals surface area contributed by atoms with Crippen LogP contribution in [0.1, 0.15) is 18.9 Å². The van der Waals surface area contributed by atoms with Crippen molar-refractivity contribution in [3.8, 4) is 0 Å². The number of nitrogens with one attached hydrogen (secondary N) is 1. The highest BCUT2D eigenvalue weighted by molar-refractivity contribution is 8.26. The number of hydrogen-bond acceptors (Lipinski definition) is 6. The average Bonchev–Trinajstić information content (AvgIpc) is 2.80. The second-order valence-electron chi connectivity index (χ2n) is 5.10. The average molecular weight is 363 g/mol. The summed E-state index contributed by atoms with van der Waals surface area (Å²) in [5, 5.41) is 12.9. The third-order valence-electron chi connectivity index (χ3n) is 3.26. The van der Waals surface area contributed by atoms with Gasteiger partial charge in [0.15, 0.2) is 0 Å². The highest BCUT2D eigenvalue weighted by atomic mass is 32.2. The quantitative estimate of drug-likeness (QED) is 0.586. The van der Waals surface area contributed by atoms with Crippen molar-refractivity contribution in [2.45, 2.75) is 19.4 Å². The summed E-state index contributed by atoms with van der Waals surface area (Å²) in [5.74, 6) is -2.10. The third-order valence-corrected chi connectivity index (χ3v) is 4.64. The fraction of sp³-hybridized carbons (Fsp3) is 0.250. The van der Waals surface area contributed by atoms with Gasteiger partial charge in [-0.1, -0.05) is 54.3 Å². The van der Waals surface area contributed by atoms with E-state index in [1.54, 1.807) is 6.08 Å². The molecule has 1 saturated heterocycles. The van der Waals surface area contributed by atoms with Gasteiger partial charge >= 0.3 is 0 Å². The van der Waals surface area contributed by atoms with Gasteiger partial charge in [-0.25, -0.2) is 0 Å². The van der Waals surface area contributed by atoms with Crippen molar-refractivity contribution < 1.29 is 19.5 Å². The molecule has 1 aromatic rings. The number of carboxylic acid groups (broad SMARTS) is 1. The van der Waals surface area contributed by atoms with Crippen molar-refractivity contribution in [1.82, 2.24) is 10.2 Å². The van der Waals surface area contributed by atoms with Gasteiger partial charge < -0.3 is 15.2 Å². The van der Waals surface area contributed by atoms with E-state index < -0.39 is 17.9 Å². The molecule has 1 aliphatic heterocycles. The lowest BCUT2D eigenvalue weighted by Gasteiger charge is -2.17. The van der Waals surface area contributed by atoms with Crippen molar-refractivity contribution in [1.29, 1.82) is 0 Å². The third kappa shape index (κ3) is 4.65. The number of nitrogens with zero attached hydrogens (tertiary/aromatic N) is 1. The highest BCUT2D eigenvalue weighted by Crippen LogP contribution is 2.32. The summed E-state index contributed by atoms with van der Waals surface area (Å²) in [6, 6.07) is 8.30. The molecule has 0 saturated carbocycles. The van der Waals surface area contributed by atoms with E-state index in [9.17, 15) is 19.5 Å². The molecule has 126 valence electrons. The van der Waals surface area contributed by atoms with Gasteiger partial charge in [-0.2, -0.15) is 0 Å². The molecule has 1 atom stereocenters. The van der Waals surface area contributed by atoms with Crippen LogP contribution >= 0.6 is 24.0 Å². The molecule has 1 fully saturated rings. The van der Waals surface area contributed by atoms with Crippen LogP contribution in [-0.2, 0) is 14.4 Å². The number of rotatable bonds is 6. The van der Waals surface area contributed by atoms with Crippen LogP contribution in [0.2, 0.25) is 0 Å². The largest absolute Gasteiger partial charge is 0.548 e. The monoisotopic (exact) mass is 363 g/mol. The maximum atomic E-state index is 12.4. The maximum absolute atomic E-state index is 12.4. The number of thiocarbonyl (C=S) groups is 1. The van der Waals surface area contributed by atoms with Gasteiger partial charge in [0.2, 0.25) is 5.91 Å². The molecule has 1 aromatic carbocycles. The summed E-state index contributed by atoms with van der Waals surface area (Å²) >= 11 is 6.36. The fourth-order valence-electron chi connectivity index (χ4n) is 1.98. The molecule has 24 heavy (non-hydrogen) atoms. The van der Waals surface area contributed by atoms with Crippen molar-refractivity contribution in [2.24, 2.45) is 0 Å². The molecule has 1 aliphatic rings. The minimum Gasteiger partial charge on any atom is -0.548 e. The summed E-state index contributed by atoms with van der Waals surface area (Å²) < 4.78 is 0.378. The Kier molecular flexibility index (Phi) is 6.10. The number of hydrogen-bond donors (Lipinski definition) is 1. The van der Waals surface area contributed by atoms with E-state index in [0.29, 0.717) is 9.23 Å². The highest BCUT2D eigenvalue weighted by Gasteiger charge is 2.32. The molecule has 0 bridgehead atoms. The molecule has 0 radical (unpaired) electrons. The Morgan fingerprint density at radius 3 is 2.67 bits per heavy atom. The lowest BCUT2D eigenvalue weighted by Crippen LogP contribution is -2.46. The normalized spacial score (nSPS) is 17.2. The van der Waals surface area contributed by atoms with Gasteiger partial charge in [-0.3, -0.25) is 14.5 Å². The first-order valence-electron chi connectivity index (χ1n) is 7.19.